The quantitative estimate of drug-likeness (QED) is 0.781. The van der Waals surface area contributed by atoms with E-state index < -0.39 is 11.2 Å². The van der Waals surface area contributed by atoms with Gasteiger partial charge in [0.25, 0.3) is 5.56 Å². The lowest BCUT2D eigenvalue weighted by Crippen LogP contribution is -2.35. The fraction of sp³-hybridized carbons (Fsp3) is 0.125. The monoisotopic (exact) mass is 334 g/mol. The Labute approximate surface area is 135 Å². The third-order valence-corrected chi connectivity index (χ3v) is 3.94. The lowest BCUT2D eigenvalue weighted by Gasteiger charge is -2.08. The molecular formula is C16H12Cl2N2O2. The Hall–Kier alpha value is -2.04. The Morgan fingerprint density at radius 3 is 2.64 bits per heavy atom. The van der Waals surface area contributed by atoms with Crippen LogP contribution in [0.25, 0.3) is 10.9 Å². The molecule has 0 spiro atoms. The molecule has 0 atom stereocenters. The van der Waals surface area contributed by atoms with Crippen LogP contribution in [0.1, 0.15) is 11.1 Å². The number of H-pyrrole nitrogens is 1. The highest BCUT2D eigenvalue weighted by atomic mass is 35.5. The van der Waals surface area contributed by atoms with Crippen molar-refractivity contribution in [3.05, 3.63) is 78.4 Å². The van der Waals surface area contributed by atoms with Gasteiger partial charge in [0.15, 0.2) is 0 Å². The van der Waals surface area contributed by atoms with Gasteiger partial charge in [-0.05, 0) is 24.6 Å². The molecule has 1 heterocycles. The van der Waals surface area contributed by atoms with E-state index in [-0.39, 0.29) is 17.0 Å². The van der Waals surface area contributed by atoms with E-state index >= 15 is 0 Å². The Kier molecular flexibility index (Phi) is 3.81. The van der Waals surface area contributed by atoms with Crippen LogP contribution in [0.15, 0.2) is 46.0 Å². The molecule has 0 aliphatic carbocycles. The van der Waals surface area contributed by atoms with Gasteiger partial charge in [0, 0.05) is 5.02 Å². The molecule has 0 unspecified atom stereocenters. The number of hydrogen-bond acceptors (Lipinski definition) is 2. The number of nitrogens with zero attached hydrogens (tertiary/aromatic N) is 1. The van der Waals surface area contributed by atoms with E-state index in [9.17, 15) is 9.59 Å². The molecule has 22 heavy (non-hydrogen) atoms. The first kappa shape index (κ1) is 14.9. The van der Waals surface area contributed by atoms with Crippen LogP contribution in [0.5, 0.6) is 0 Å². The molecule has 0 saturated heterocycles. The van der Waals surface area contributed by atoms with Gasteiger partial charge in [0.05, 0.1) is 22.5 Å². The van der Waals surface area contributed by atoms with E-state index in [1.54, 1.807) is 0 Å². The first-order valence-corrected chi connectivity index (χ1v) is 7.39. The highest BCUT2D eigenvalue weighted by molar-refractivity contribution is 6.38. The van der Waals surface area contributed by atoms with Crippen molar-refractivity contribution in [3.8, 4) is 0 Å². The van der Waals surface area contributed by atoms with E-state index in [1.807, 2.05) is 31.2 Å². The maximum atomic E-state index is 12.6. The van der Waals surface area contributed by atoms with Gasteiger partial charge in [0.2, 0.25) is 0 Å². The first-order valence-electron chi connectivity index (χ1n) is 6.63. The summed E-state index contributed by atoms with van der Waals surface area (Å²) in [4.78, 5) is 27.4. The molecule has 0 aliphatic heterocycles. The number of halogens is 2. The summed E-state index contributed by atoms with van der Waals surface area (Å²) in [7, 11) is 0. The number of benzene rings is 2. The van der Waals surface area contributed by atoms with Crippen LogP contribution in [0, 0.1) is 6.92 Å². The third-order valence-electron chi connectivity index (χ3n) is 3.42. The van der Waals surface area contributed by atoms with Crippen LogP contribution in [0.2, 0.25) is 10.0 Å². The van der Waals surface area contributed by atoms with Gasteiger partial charge in [-0.3, -0.25) is 9.36 Å². The van der Waals surface area contributed by atoms with Gasteiger partial charge in [-0.1, -0.05) is 53.0 Å². The van der Waals surface area contributed by atoms with Crippen LogP contribution >= 0.6 is 23.2 Å². The average Bonchev–Trinajstić information content (AvgIpc) is 2.42. The van der Waals surface area contributed by atoms with Gasteiger partial charge in [-0.15, -0.1) is 0 Å². The number of nitrogens with one attached hydrogen (secondary N) is 1. The Morgan fingerprint density at radius 2 is 1.91 bits per heavy atom. The first-order chi connectivity index (χ1) is 10.5. The number of aromatic amines is 1. The average molecular weight is 335 g/mol. The predicted octanol–water partition coefficient (Wildman–Crippen LogP) is 3.35. The van der Waals surface area contributed by atoms with Crippen LogP contribution in [0.4, 0.5) is 0 Å². The van der Waals surface area contributed by atoms with Gasteiger partial charge in [-0.25, -0.2) is 4.79 Å². The molecule has 0 fully saturated rings. The van der Waals surface area contributed by atoms with Gasteiger partial charge in [0.1, 0.15) is 0 Å². The SMILES string of the molecule is Cc1cccc(Cn2c(=O)[nH]c3cc(Cl)cc(Cl)c3c2=O)c1. The summed E-state index contributed by atoms with van der Waals surface area (Å²) in [5, 5.41) is 0.851. The number of aromatic nitrogens is 2. The summed E-state index contributed by atoms with van der Waals surface area (Å²) in [5.74, 6) is 0. The van der Waals surface area contributed by atoms with E-state index in [4.69, 9.17) is 23.2 Å². The van der Waals surface area contributed by atoms with Crippen molar-refractivity contribution >= 4 is 34.1 Å². The second kappa shape index (κ2) is 5.63. The molecule has 2 aromatic carbocycles. The second-order valence-electron chi connectivity index (χ2n) is 5.12. The van der Waals surface area contributed by atoms with Gasteiger partial charge in [-0.2, -0.15) is 0 Å². The van der Waals surface area contributed by atoms with Crippen molar-refractivity contribution in [1.82, 2.24) is 9.55 Å². The van der Waals surface area contributed by atoms with Crippen LogP contribution in [-0.4, -0.2) is 9.55 Å². The van der Waals surface area contributed by atoms with Crippen molar-refractivity contribution in [3.63, 3.8) is 0 Å². The van der Waals surface area contributed by atoms with Crippen molar-refractivity contribution in [1.29, 1.82) is 0 Å². The maximum Gasteiger partial charge on any atom is 0.329 e. The molecular weight excluding hydrogens is 323 g/mol. The predicted molar refractivity (Wildman–Crippen MR) is 89.1 cm³/mol. The van der Waals surface area contributed by atoms with E-state index in [0.29, 0.717) is 10.5 Å². The fourth-order valence-corrected chi connectivity index (χ4v) is 3.01. The summed E-state index contributed by atoms with van der Waals surface area (Å²) in [5.41, 5.74) is 1.36. The van der Waals surface area contributed by atoms with E-state index in [0.717, 1.165) is 15.7 Å². The van der Waals surface area contributed by atoms with E-state index in [1.165, 1.54) is 12.1 Å². The second-order valence-corrected chi connectivity index (χ2v) is 5.96. The van der Waals surface area contributed by atoms with Gasteiger partial charge >= 0.3 is 5.69 Å². The lowest BCUT2D eigenvalue weighted by atomic mass is 10.1. The molecule has 0 saturated carbocycles. The maximum absolute atomic E-state index is 12.6. The van der Waals surface area contributed by atoms with Crippen LogP contribution in [0.3, 0.4) is 0 Å². The largest absolute Gasteiger partial charge is 0.329 e. The minimum absolute atomic E-state index is 0.185. The zero-order valence-electron chi connectivity index (χ0n) is 11.7. The fourth-order valence-electron chi connectivity index (χ4n) is 2.44. The zero-order chi connectivity index (χ0) is 15.9. The van der Waals surface area contributed by atoms with Crippen LogP contribution < -0.4 is 11.2 Å². The minimum atomic E-state index is -0.489. The normalized spacial score (nSPS) is 11.0. The molecule has 0 bridgehead atoms. The molecule has 0 aliphatic rings. The number of aryl methyl sites for hydroxylation is 1. The molecule has 0 amide bonds. The van der Waals surface area contributed by atoms with Crippen LogP contribution in [-0.2, 0) is 6.54 Å². The third kappa shape index (κ3) is 2.67. The van der Waals surface area contributed by atoms with Crippen molar-refractivity contribution in [2.75, 3.05) is 0 Å². The summed E-state index contributed by atoms with van der Waals surface area (Å²) in [6, 6.07) is 10.6. The standard InChI is InChI=1S/C16H12Cl2N2O2/c1-9-3-2-4-10(5-9)8-20-15(21)14-12(18)6-11(17)7-13(14)19-16(20)22/h2-7H,8H2,1H3,(H,19,22). The molecule has 0 radical (unpaired) electrons. The van der Waals surface area contributed by atoms with Crippen molar-refractivity contribution < 1.29 is 0 Å². The summed E-state index contributed by atoms with van der Waals surface area (Å²) >= 11 is 12.0. The molecule has 4 nitrogen and oxygen atoms in total. The van der Waals surface area contributed by atoms with Gasteiger partial charge < -0.3 is 4.98 Å². The minimum Gasteiger partial charge on any atom is -0.307 e. The van der Waals surface area contributed by atoms with E-state index in [2.05, 4.69) is 4.98 Å². The topological polar surface area (TPSA) is 54.9 Å². The highest BCUT2D eigenvalue weighted by Crippen LogP contribution is 2.23. The summed E-state index contributed by atoms with van der Waals surface area (Å²) in [6.45, 7) is 2.14. The molecule has 112 valence electrons. The Morgan fingerprint density at radius 1 is 1.14 bits per heavy atom. The Balaban J connectivity index is 2.23. The van der Waals surface area contributed by atoms with Crippen molar-refractivity contribution in [2.24, 2.45) is 0 Å². The molecule has 1 aromatic heterocycles. The number of fused-ring (bicyclic) bond motifs is 1. The summed E-state index contributed by atoms with van der Waals surface area (Å²) in [6.07, 6.45) is 0. The Bertz CT molecular complexity index is 990. The highest BCUT2D eigenvalue weighted by Gasteiger charge is 2.12. The van der Waals surface area contributed by atoms with Crippen molar-refractivity contribution in [2.45, 2.75) is 13.5 Å². The number of hydrogen-bond donors (Lipinski definition) is 1. The number of rotatable bonds is 2. The molecule has 3 rings (SSSR count). The molecule has 6 heteroatoms. The summed E-state index contributed by atoms with van der Waals surface area (Å²) < 4.78 is 1.14. The smallest absolute Gasteiger partial charge is 0.307 e. The molecule has 1 N–H and O–H groups in total. The lowest BCUT2D eigenvalue weighted by molar-refractivity contribution is 0.711. The zero-order valence-corrected chi connectivity index (χ0v) is 13.2. The molecule has 3 aromatic rings.